The van der Waals surface area contributed by atoms with Gasteiger partial charge in [0.2, 0.25) is 0 Å². The van der Waals surface area contributed by atoms with Crippen molar-refractivity contribution in [1.82, 2.24) is 9.97 Å². The fourth-order valence-corrected chi connectivity index (χ4v) is 1.80. The van der Waals surface area contributed by atoms with E-state index >= 15 is 0 Å². The van der Waals surface area contributed by atoms with E-state index in [1.165, 1.54) is 0 Å². The SMILES string of the molecule is CCCNc1nc(C(C)(C)C)nc(NCC(O)CC)c1C. The standard InChI is InChI=1S/C16H30N4O/c1-7-9-17-13-11(3)14(18-10-12(21)8-2)20-15(19-13)16(4,5)6/h12,21H,7-10H2,1-6H3,(H2,17,18,19,20). The topological polar surface area (TPSA) is 70.1 Å². The smallest absolute Gasteiger partial charge is 0.138 e. The normalized spacial score (nSPS) is 13.1. The second-order valence-electron chi connectivity index (χ2n) is 6.49. The fraction of sp³-hybridized carbons (Fsp3) is 0.750. The van der Waals surface area contributed by atoms with Crippen molar-refractivity contribution in [3.8, 4) is 0 Å². The molecular weight excluding hydrogens is 264 g/mol. The number of nitrogens with one attached hydrogen (secondary N) is 2. The quantitative estimate of drug-likeness (QED) is 0.721. The molecule has 0 amide bonds. The first-order chi connectivity index (χ1) is 9.79. The molecule has 1 atom stereocenters. The lowest BCUT2D eigenvalue weighted by Gasteiger charge is -2.22. The van der Waals surface area contributed by atoms with Gasteiger partial charge in [-0.25, -0.2) is 9.97 Å². The van der Waals surface area contributed by atoms with Gasteiger partial charge in [-0.3, -0.25) is 0 Å². The Kier molecular flexibility index (Phi) is 6.40. The van der Waals surface area contributed by atoms with E-state index in [1.54, 1.807) is 0 Å². The molecule has 1 unspecified atom stereocenters. The van der Waals surface area contributed by atoms with Crippen molar-refractivity contribution < 1.29 is 5.11 Å². The van der Waals surface area contributed by atoms with Gasteiger partial charge in [0.15, 0.2) is 0 Å². The van der Waals surface area contributed by atoms with Gasteiger partial charge in [0.05, 0.1) is 6.10 Å². The van der Waals surface area contributed by atoms with E-state index in [-0.39, 0.29) is 11.5 Å². The summed E-state index contributed by atoms with van der Waals surface area (Å²) < 4.78 is 0. The molecule has 1 aromatic heterocycles. The van der Waals surface area contributed by atoms with Crippen LogP contribution in [0.2, 0.25) is 0 Å². The largest absolute Gasteiger partial charge is 0.391 e. The van der Waals surface area contributed by atoms with E-state index in [0.29, 0.717) is 6.54 Å². The van der Waals surface area contributed by atoms with Gasteiger partial charge in [-0.15, -0.1) is 0 Å². The Morgan fingerprint density at radius 3 is 2.14 bits per heavy atom. The predicted octanol–water partition coefficient (Wildman–Crippen LogP) is 3.09. The minimum atomic E-state index is -0.357. The third-order valence-electron chi connectivity index (χ3n) is 3.34. The summed E-state index contributed by atoms with van der Waals surface area (Å²) >= 11 is 0. The van der Waals surface area contributed by atoms with Crippen LogP contribution in [0, 0.1) is 6.92 Å². The van der Waals surface area contributed by atoms with Crippen LogP contribution in [0.4, 0.5) is 11.6 Å². The van der Waals surface area contributed by atoms with Crippen molar-refractivity contribution in [2.45, 2.75) is 65.9 Å². The molecule has 21 heavy (non-hydrogen) atoms. The summed E-state index contributed by atoms with van der Waals surface area (Å²) in [6, 6.07) is 0. The Hall–Kier alpha value is -1.36. The van der Waals surface area contributed by atoms with Gasteiger partial charge in [-0.1, -0.05) is 34.6 Å². The molecule has 120 valence electrons. The first kappa shape index (κ1) is 17.7. The summed E-state index contributed by atoms with van der Waals surface area (Å²) in [6.45, 7) is 13.8. The highest BCUT2D eigenvalue weighted by molar-refractivity contribution is 5.57. The maximum absolute atomic E-state index is 9.73. The van der Waals surface area contributed by atoms with E-state index in [0.717, 1.165) is 42.4 Å². The van der Waals surface area contributed by atoms with Crippen molar-refractivity contribution in [2.24, 2.45) is 0 Å². The van der Waals surface area contributed by atoms with E-state index < -0.39 is 0 Å². The highest BCUT2D eigenvalue weighted by atomic mass is 16.3. The van der Waals surface area contributed by atoms with E-state index in [2.05, 4.69) is 48.3 Å². The maximum Gasteiger partial charge on any atom is 0.138 e. The molecule has 1 heterocycles. The molecule has 1 rings (SSSR count). The molecule has 0 spiro atoms. The molecule has 0 saturated carbocycles. The van der Waals surface area contributed by atoms with Gasteiger partial charge in [-0.2, -0.15) is 0 Å². The first-order valence-corrected chi connectivity index (χ1v) is 7.84. The zero-order valence-electron chi connectivity index (χ0n) is 14.2. The lowest BCUT2D eigenvalue weighted by atomic mass is 9.95. The van der Waals surface area contributed by atoms with E-state index in [4.69, 9.17) is 0 Å². The van der Waals surface area contributed by atoms with Gasteiger partial charge in [0.25, 0.3) is 0 Å². The number of hydrogen-bond acceptors (Lipinski definition) is 5. The highest BCUT2D eigenvalue weighted by Gasteiger charge is 2.21. The Morgan fingerprint density at radius 1 is 1.10 bits per heavy atom. The summed E-state index contributed by atoms with van der Waals surface area (Å²) in [5.74, 6) is 2.49. The molecular formula is C16H30N4O. The number of rotatable bonds is 7. The van der Waals surface area contributed by atoms with Crippen LogP contribution in [-0.2, 0) is 5.41 Å². The summed E-state index contributed by atoms with van der Waals surface area (Å²) in [5.41, 5.74) is 0.885. The molecule has 0 fully saturated rings. The average Bonchev–Trinajstić information content (AvgIpc) is 2.43. The van der Waals surface area contributed by atoms with Crippen molar-refractivity contribution >= 4 is 11.6 Å². The van der Waals surface area contributed by atoms with Crippen LogP contribution in [0.1, 0.15) is 58.8 Å². The van der Waals surface area contributed by atoms with Gasteiger partial charge < -0.3 is 15.7 Å². The van der Waals surface area contributed by atoms with Crippen LogP contribution in [0.3, 0.4) is 0 Å². The molecule has 0 radical (unpaired) electrons. The molecule has 5 nitrogen and oxygen atoms in total. The first-order valence-electron chi connectivity index (χ1n) is 7.84. The predicted molar refractivity (Wildman–Crippen MR) is 89.0 cm³/mol. The Balaban J connectivity index is 3.08. The Morgan fingerprint density at radius 2 is 1.67 bits per heavy atom. The van der Waals surface area contributed by atoms with Gasteiger partial charge >= 0.3 is 0 Å². The third-order valence-corrected chi connectivity index (χ3v) is 3.34. The monoisotopic (exact) mass is 294 g/mol. The summed E-state index contributed by atoms with van der Waals surface area (Å²) in [4.78, 5) is 9.31. The van der Waals surface area contributed by atoms with Crippen LogP contribution < -0.4 is 10.6 Å². The molecule has 0 aliphatic heterocycles. The number of anilines is 2. The lowest BCUT2D eigenvalue weighted by Crippen LogP contribution is -2.23. The highest BCUT2D eigenvalue weighted by Crippen LogP contribution is 2.26. The zero-order valence-corrected chi connectivity index (χ0v) is 14.2. The second-order valence-corrected chi connectivity index (χ2v) is 6.49. The van der Waals surface area contributed by atoms with Gasteiger partial charge in [-0.05, 0) is 19.8 Å². The summed E-state index contributed by atoms with van der Waals surface area (Å²) in [7, 11) is 0. The summed E-state index contributed by atoms with van der Waals surface area (Å²) in [6.07, 6.45) is 1.42. The molecule has 0 aromatic carbocycles. The lowest BCUT2D eigenvalue weighted by molar-refractivity contribution is 0.183. The average molecular weight is 294 g/mol. The Bertz CT molecular complexity index is 454. The van der Waals surface area contributed by atoms with Gasteiger partial charge in [0, 0.05) is 24.1 Å². The minimum absolute atomic E-state index is 0.115. The van der Waals surface area contributed by atoms with Crippen molar-refractivity contribution in [3.05, 3.63) is 11.4 Å². The van der Waals surface area contributed by atoms with Crippen LogP contribution in [0.5, 0.6) is 0 Å². The number of hydrogen-bond donors (Lipinski definition) is 3. The molecule has 0 aliphatic carbocycles. The molecule has 0 bridgehead atoms. The Labute approximate surface area is 128 Å². The van der Waals surface area contributed by atoms with Crippen molar-refractivity contribution in [1.29, 1.82) is 0 Å². The van der Waals surface area contributed by atoms with Crippen molar-refractivity contribution in [3.63, 3.8) is 0 Å². The number of aliphatic hydroxyl groups is 1. The third kappa shape index (κ3) is 5.16. The van der Waals surface area contributed by atoms with Crippen LogP contribution >= 0.6 is 0 Å². The summed E-state index contributed by atoms with van der Waals surface area (Å²) in [5, 5.41) is 16.3. The number of aliphatic hydroxyl groups excluding tert-OH is 1. The van der Waals surface area contributed by atoms with Gasteiger partial charge in [0.1, 0.15) is 17.5 Å². The van der Waals surface area contributed by atoms with E-state index in [1.807, 2.05) is 13.8 Å². The number of nitrogens with zero attached hydrogens (tertiary/aromatic N) is 2. The number of aromatic nitrogens is 2. The molecule has 1 aromatic rings. The van der Waals surface area contributed by atoms with Crippen LogP contribution in [0.15, 0.2) is 0 Å². The minimum Gasteiger partial charge on any atom is -0.391 e. The zero-order chi connectivity index (χ0) is 16.0. The molecule has 0 aliphatic rings. The molecule has 5 heteroatoms. The fourth-order valence-electron chi connectivity index (χ4n) is 1.80. The van der Waals surface area contributed by atoms with Crippen LogP contribution in [0.25, 0.3) is 0 Å². The van der Waals surface area contributed by atoms with E-state index in [9.17, 15) is 5.11 Å². The van der Waals surface area contributed by atoms with Crippen molar-refractivity contribution in [2.75, 3.05) is 23.7 Å². The maximum atomic E-state index is 9.73. The second kappa shape index (κ2) is 7.59. The molecule has 3 N–H and O–H groups in total. The van der Waals surface area contributed by atoms with Crippen LogP contribution in [-0.4, -0.2) is 34.3 Å². The molecule has 0 saturated heterocycles.